The zero-order chi connectivity index (χ0) is 19.8. The fraction of sp³-hybridized carbons (Fsp3) is 0.474. The van der Waals surface area contributed by atoms with E-state index >= 15 is 0 Å². The van der Waals surface area contributed by atoms with Crippen LogP contribution >= 0.6 is 15.9 Å². The molecule has 1 fully saturated rings. The molecule has 0 spiro atoms. The zero-order valence-corrected chi connectivity index (χ0v) is 17.3. The number of anilines is 2. The Morgan fingerprint density at radius 3 is 2.89 bits per heavy atom. The fourth-order valence-corrected chi connectivity index (χ4v) is 3.50. The molecule has 0 saturated carbocycles. The summed E-state index contributed by atoms with van der Waals surface area (Å²) in [5.41, 5.74) is 7.31. The third-order valence-corrected chi connectivity index (χ3v) is 4.97. The van der Waals surface area contributed by atoms with Gasteiger partial charge in [0.2, 0.25) is 0 Å². The number of ether oxygens (including phenoxy) is 1. The summed E-state index contributed by atoms with van der Waals surface area (Å²) in [7, 11) is 0. The molecule has 146 valence electrons. The number of benzene rings is 1. The molecule has 0 bridgehead atoms. The molecule has 1 amide bonds. The van der Waals surface area contributed by atoms with E-state index in [1.807, 2.05) is 20.8 Å². The number of nitrogen functional groups attached to an aromatic ring is 1. The number of aromatic nitrogens is 1. The summed E-state index contributed by atoms with van der Waals surface area (Å²) in [5, 5.41) is 4.16. The lowest BCUT2D eigenvalue weighted by Crippen LogP contribution is -2.47. The van der Waals surface area contributed by atoms with Crippen LogP contribution < -0.4 is 11.1 Å². The van der Waals surface area contributed by atoms with Crippen LogP contribution in [0.15, 0.2) is 22.8 Å². The number of pyridine rings is 1. The minimum atomic E-state index is -0.528. The Hall–Kier alpha value is -2.09. The van der Waals surface area contributed by atoms with Crippen LogP contribution in [-0.4, -0.2) is 40.7 Å². The van der Waals surface area contributed by atoms with Crippen LogP contribution in [-0.2, 0) is 4.74 Å². The minimum Gasteiger partial charge on any atom is -0.444 e. The number of carbonyl (C=O) groups excluding carboxylic acids is 1. The van der Waals surface area contributed by atoms with Gasteiger partial charge in [-0.2, -0.15) is 0 Å². The van der Waals surface area contributed by atoms with Crippen LogP contribution in [0.5, 0.6) is 0 Å². The summed E-state index contributed by atoms with van der Waals surface area (Å²) in [6, 6.07) is 3.06. The van der Waals surface area contributed by atoms with Crippen molar-refractivity contribution in [2.24, 2.45) is 0 Å². The van der Waals surface area contributed by atoms with Crippen LogP contribution in [0.25, 0.3) is 10.9 Å². The molecule has 3 rings (SSSR count). The van der Waals surface area contributed by atoms with Gasteiger partial charge >= 0.3 is 6.09 Å². The molecule has 1 unspecified atom stereocenters. The molecule has 1 aromatic heterocycles. The molecule has 1 atom stereocenters. The van der Waals surface area contributed by atoms with E-state index in [4.69, 9.17) is 10.5 Å². The molecule has 6 nitrogen and oxygen atoms in total. The van der Waals surface area contributed by atoms with E-state index in [0.29, 0.717) is 34.5 Å². The lowest BCUT2D eigenvalue weighted by molar-refractivity contribution is 0.0206. The van der Waals surface area contributed by atoms with E-state index < -0.39 is 5.60 Å². The molecular formula is C19H24BrFN4O2. The first kappa shape index (κ1) is 19.7. The first-order chi connectivity index (χ1) is 12.6. The summed E-state index contributed by atoms with van der Waals surface area (Å²) >= 11 is 3.22. The number of nitrogens with two attached hydrogens (primary N) is 1. The molecule has 1 saturated heterocycles. The van der Waals surface area contributed by atoms with Gasteiger partial charge in [0.1, 0.15) is 11.4 Å². The molecule has 0 radical (unpaired) electrons. The van der Waals surface area contributed by atoms with E-state index in [2.05, 4.69) is 26.2 Å². The molecule has 3 N–H and O–H groups in total. The Labute approximate surface area is 166 Å². The quantitative estimate of drug-likeness (QED) is 0.719. The first-order valence-corrected chi connectivity index (χ1v) is 9.71. The second-order valence-corrected chi connectivity index (χ2v) is 8.64. The highest BCUT2D eigenvalue weighted by Gasteiger charge is 2.28. The smallest absolute Gasteiger partial charge is 0.410 e. The second-order valence-electron chi connectivity index (χ2n) is 7.78. The molecule has 2 aromatic rings. The van der Waals surface area contributed by atoms with Gasteiger partial charge in [0, 0.05) is 30.6 Å². The maximum absolute atomic E-state index is 13.8. The van der Waals surface area contributed by atoms with Crippen molar-refractivity contribution in [3.63, 3.8) is 0 Å². The number of hydrogen-bond acceptors (Lipinski definition) is 5. The summed E-state index contributed by atoms with van der Waals surface area (Å²) in [4.78, 5) is 18.3. The van der Waals surface area contributed by atoms with Crippen molar-refractivity contribution in [2.45, 2.75) is 45.3 Å². The number of nitrogens with zero attached hydrogens (tertiary/aromatic N) is 2. The predicted molar refractivity (Wildman–Crippen MR) is 108 cm³/mol. The third kappa shape index (κ3) is 4.61. The Kier molecular flexibility index (Phi) is 5.46. The molecule has 1 aliphatic rings. The maximum atomic E-state index is 13.8. The van der Waals surface area contributed by atoms with Crippen molar-refractivity contribution in [3.05, 3.63) is 28.6 Å². The number of amides is 1. The van der Waals surface area contributed by atoms with Gasteiger partial charge in [0.15, 0.2) is 0 Å². The Morgan fingerprint density at radius 2 is 2.19 bits per heavy atom. The molecule has 27 heavy (non-hydrogen) atoms. The number of likely N-dealkylation sites (tertiary alicyclic amines) is 1. The number of halogens is 2. The van der Waals surface area contributed by atoms with Gasteiger partial charge in [-0.15, -0.1) is 0 Å². The highest BCUT2D eigenvalue weighted by Crippen LogP contribution is 2.33. The summed E-state index contributed by atoms with van der Waals surface area (Å²) in [6.45, 7) is 6.74. The topological polar surface area (TPSA) is 80.5 Å². The van der Waals surface area contributed by atoms with Crippen LogP contribution in [0.3, 0.4) is 0 Å². The maximum Gasteiger partial charge on any atom is 0.410 e. The standard InChI is InChI=1S/C19H24BrFN4O2/c1-19(2,3)27-18(26)25-6-4-5-11(10-25)24-17-12-7-13(20)14(21)8-16(12)23-9-15(17)22/h7-9,11H,4-6,10,22H2,1-3H3,(H,23,24). The van der Waals surface area contributed by atoms with Gasteiger partial charge in [-0.3, -0.25) is 4.98 Å². The summed E-state index contributed by atoms with van der Waals surface area (Å²) < 4.78 is 19.6. The Bertz CT molecular complexity index is 869. The van der Waals surface area contributed by atoms with Gasteiger partial charge in [-0.25, -0.2) is 9.18 Å². The average Bonchev–Trinajstić information content (AvgIpc) is 2.58. The van der Waals surface area contributed by atoms with Gasteiger partial charge < -0.3 is 20.7 Å². The number of hydrogen-bond donors (Lipinski definition) is 2. The molecular weight excluding hydrogens is 415 g/mol. The Morgan fingerprint density at radius 1 is 1.44 bits per heavy atom. The van der Waals surface area contributed by atoms with Crippen molar-refractivity contribution in [1.29, 1.82) is 0 Å². The zero-order valence-electron chi connectivity index (χ0n) is 15.7. The molecule has 1 aliphatic heterocycles. The molecule has 2 heterocycles. The molecule has 1 aromatic carbocycles. The highest BCUT2D eigenvalue weighted by molar-refractivity contribution is 9.10. The lowest BCUT2D eigenvalue weighted by atomic mass is 10.0. The van der Waals surface area contributed by atoms with E-state index in [-0.39, 0.29) is 18.0 Å². The number of fused-ring (bicyclic) bond motifs is 1. The number of carbonyl (C=O) groups is 1. The van der Waals surface area contributed by atoms with E-state index in [9.17, 15) is 9.18 Å². The van der Waals surface area contributed by atoms with Crippen LogP contribution in [0.4, 0.5) is 20.6 Å². The van der Waals surface area contributed by atoms with E-state index in [1.165, 1.54) is 12.3 Å². The summed E-state index contributed by atoms with van der Waals surface area (Å²) in [6.07, 6.45) is 2.96. The highest BCUT2D eigenvalue weighted by atomic mass is 79.9. The number of nitrogens with one attached hydrogen (secondary N) is 1. The third-order valence-electron chi connectivity index (χ3n) is 4.36. The number of piperidine rings is 1. The van der Waals surface area contributed by atoms with Crippen molar-refractivity contribution < 1.29 is 13.9 Å². The largest absolute Gasteiger partial charge is 0.444 e. The second kappa shape index (κ2) is 7.50. The van der Waals surface area contributed by atoms with Crippen LogP contribution in [0.1, 0.15) is 33.6 Å². The van der Waals surface area contributed by atoms with Gasteiger partial charge in [-0.1, -0.05) is 0 Å². The van der Waals surface area contributed by atoms with E-state index in [1.54, 1.807) is 11.0 Å². The van der Waals surface area contributed by atoms with Crippen molar-refractivity contribution in [2.75, 3.05) is 24.1 Å². The fourth-order valence-electron chi connectivity index (χ4n) is 3.15. The van der Waals surface area contributed by atoms with Crippen molar-refractivity contribution in [1.82, 2.24) is 9.88 Å². The molecule has 0 aliphatic carbocycles. The molecule has 8 heteroatoms. The summed E-state index contributed by atoms with van der Waals surface area (Å²) in [5.74, 6) is -0.375. The van der Waals surface area contributed by atoms with Crippen LogP contribution in [0.2, 0.25) is 0 Å². The predicted octanol–water partition coefficient (Wildman–Crippen LogP) is 4.53. The normalized spacial score (nSPS) is 17.8. The van der Waals surface area contributed by atoms with Gasteiger partial charge in [0.25, 0.3) is 0 Å². The van der Waals surface area contributed by atoms with Gasteiger partial charge in [-0.05, 0) is 55.6 Å². The lowest BCUT2D eigenvalue weighted by Gasteiger charge is -2.35. The van der Waals surface area contributed by atoms with Crippen molar-refractivity contribution >= 4 is 44.3 Å². The number of rotatable bonds is 2. The van der Waals surface area contributed by atoms with Crippen LogP contribution in [0, 0.1) is 5.82 Å². The SMILES string of the molecule is CC(C)(C)OC(=O)N1CCCC(Nc2c(N)cnc3cc(F)c(Br)cc23)C1. The monoisotopic (exact) mass is 438 g/mol. The first-order valence-electron chi connectivity index (χ1n) is 8.92. The van der Waals surface area contributed by atoms with E-state index in [0.717, 1.165) is 18.2 Å². The minimum absolute atomic E-state index is 0.0167. The Balaban J connectivity index is 1.81. The van der Waals surface area contributed by atoms with Crippen molar-refractivity contribution in [3.8, 4) is 0 Å². The van der Waals surface area contributed by atoms with Gasteiger partial charge in [0.05, 0.1) is 27.6 Å². The average molecular weight is 439 g/mol.